The molecule has 0 aromatic heterocycles. The predicted molar refractivity (Wildman–Crippen MR) is 79.1 cm³/mol. The van der Waals surface area contributed by atoms with Crippen LogP contribution >= 0.6 is 0 Å². The Bertz CT molecular complexity index is 675. The molecule has 2 atom stereocenters. The fourth-order valence-corrected chi connectivity index (χ4v) is 4.48. The van der Waals surface area contributed by atoms with Gasteiger partial charge in [-0.1, -0.05) is 0 Å². The van der Waals surface area contributed by atoms with Gasteiger partial charge in [0.1, 0.15) is 11.6 Å². The number of hydrogen-bond donors (Lipinski definition) is 0. The molecule has 1 saturated carbocycles. The molecule has 0 spiro atoms. The molecule has 0 saturated heterocycles. The topological polar surface area (TPSA) is 54.5 Å². The van der Waals surface area contributed by atoms with Gasteiger partial charge in [0.15, 0.2) is 9.84 Å². The molecule has 122 valence electrons. The summed E-state index contributed by atoms with van der Waals surface area (Å²) in [6, 6.07) is 2.56. The van der Waals surface area contributed by atoms with Gasteiger partial charge in [-0.25, -0.2) is 17.2 Å². The summed E-state index contributed by atoms with van der Waals surface area (Å²) in [4.78, 5) is 13.6. The van der Waals surface area contributed by atoms with Crippen LogP contribution in [-0.2, 0) is 21.1 Å². The Balaban J connectivity index is 2.14. The van der Waals surface area contributed by atoms with Gasteiger partial charge in [-0.3, -0.25) is 4.79 Å². The predicted octanol–water partition coefficient (Wildman–Crippen LogP) is 1.93. The van der Waals surface area contributed by atoms with E-state index < -0.39 is 38.7 Å². The first kappa shape index (κ1) is 16.9. The Morgan fingerprint density at radius 3 is 2.64 bits per heavy atom. The molecule has 2 unspecified atom stereocenters. The minimum Gasteiger partial charge on any atom is -0.341 e. The monoisotopic (exact) mass is 331 g/mol. The molecule has 0 N–H and O–H groups in total. The first-order chi connectivity index (χ1) is 10.2. The van der Waals surface area contributed by atoms with Crippen molar-refractivity contribution in [2.45, 2.75) is 37.0 Å². The number of likely N-dealkylation sites (N-methyl/N-ethyl adjacent to an activating group) is 1. The highest BCUT2D eigenvalue weighted by atomic mass is 32.2. The van der Waals surface area contributed by atoms with Gasteiger partial charge in [-0.2, -0.15) is 0 Å². The van der Waals surface area contributed by atoms with Gasteiger partial charge in [0.05, 0.1) is 11.7 Å². The van der Waals surface area contributed by atoms with Crippen LogP contribution in [0.3, 0.4) is 0 Å². The molecule has 0 bridgehead atoms. The summed E-state index contributed by atoms with van der Waals surface area (Å²) in [5, 5.41) is -0.584. The Kier molecular flexibility index (Phi) is 4.84. The second-order valence-electron chi connectivity index (χ2n) is 5.78. The number of amides is 1. The van der Waals surface area contributed by atoms with Crippen LogP contribution in [0.25, 0.3) is 0 Å². The molecule has 0 radical (unpaired) electrons. The number of halogens is 2. The lowest BCUT2D eigenvalue weighted by Gasteiger charge is -2.29. The molecule has 1 aromatic carbocycles. The van der Waals surface area contributed by atoms with Crippen molar-refractivity contribution in [2.24, 2.45) is 0 Å². The second-order valence-corrected chi connectivity index (χ2v) is 8.05. The Morgan fingerprint density at radius 1 is 1.32 bits per heavy atom. The fourth-order valence-electron chi connectivity index (χ4n) is 3.00. The zero-order valence-electron chi connectivity index (χ0n) is 12.6. The number of benzene rings is 1. The van der Waals surface area contributed by atoms with Crippen LogP contribution in [0.1, 0.15) is 24.8 Å². The van der Waals surface area contributed by atoms with Crippen LogP contribution in [0.5, 0.6) is 0 Å². The third kappa shape index (κ3) is 3.63. The maximum absolute atomic E-state index is 13.6. The van der Waals surface area contributed by atoms with Gasteiger partial charge < -0.3 is 4.90 Å². The maximum Gasteiger partial charge on any atom is 0.227 e. The van der Waals surface area contributed by atoms with Gasteiger partial charge in [-0.15, -0.1) is 0 Å². The summed E-state index contributed by atoms with van der Waals surface area (Å²) in [6.45, 7) is 0. The highest BCUT2D eigenvalue weighted by molar-refractivity contribution is 7.91. The van der Waals surface area contributed by atoms with E-state index in [0.29, 0.717) is 12.8 Å². The molecule has 22 heavy (non-hydrogen) atoms. The van der Waals surface area contributed by atoms with Crippen LogP contribution in [0.15, 0.2) is 18.2 Å². The van der Waals surface area contributed by atoms with Crippen molar-refractivity contribution >= 4 is 15.7 Å². The summed E-state index contributed by atoms with van der Waals surface area (Å²) >= 11 is 0. The average Bonchev–Trinajstić information content (AvgIpc) is 2.91. The summed E-state index contributed by atoms with van der Waals surface area (Å²) < 4.78 is 50.3. The smallest absolute Gasteiger partial charge is 0.227 e. The first-order valence-electron chi connectivity index (χ1n) is 7.08. The van der Waals surface area contributed by atoms with Gasteiger partial charge >= 0.3 is 0 Å². The molecule has 1 amide bonds. The molecule has 1 fully saturated rings. The van der Waals surface area contributed by atoms with E-state index in [1.807, 2.05) is 0 Å². The lowest BCUT2D eigenvalue weighted by molar-refractivity contribution is -0.131. The van der Waals surface area contributed by atoms with E-state index in [1.54, 1.807) is 0 Å². The van der Waals surface area contributed by atoms with Crippen LogP contribution in [0.2, 0.25) is 0 Å². The number of rotatable bonds is 4. The third-order valence-electron chi connectivity index (χ3n) is 4.21. The van der Waals surface area contributed by atoms with Crippen molar-refractivity contribution in [3.05, 3.63) is 35.4 Å². The standard InChI is InChI=1S/C15H19F2NO3S/c1-18(13-4-3-5-14(13)22(2,20)21)15(19)9-10-8-11(16)6-7-12(10)17/h6-8,13-14H,3-5,9H2,1-2H3. The Hall–Kier alpha value is -1.50. The number of sulfone groups is 1. The minimum atomic E-state index is -3.25. The third-order valence-corrected chi connectivity index (χ3v) is 5.86. The van der Waals surface area contributed by atoms with E-state index in [9.17, 15) is 22.0 Å². The highest BCUT2D eigenvalue weighted by Gasteiger charge is 2.38. The van der Waals surface area contributed by atoms with Gasteiger partial charge in [0.25, 0.3) is 0 Å². The molecule has 7 heteroatoms. The molecule has 1 aliphatic rings. The zero-order chi connectivity index (χ0) is 16.5. The van der Waals surface area contributed by atoms with E-state index in [4.69, 9.17) is 0 Å². The summed E-state index contributed by atoms with van der Waals surface area (Å²) in [5.41, 5.74) is -0.0225. The van der Waals surface area contributed by atoms with E-state index in [2.05, 4.69) is 0 Å². The van der Waals surface area contributed by atoms with Crippen LogP contribution in [0.4, 0.5) is 8.78 Å². The van der Waals surface area contributed by atoms with Crippen molar-refractivity contribution in [2.75, 3.05) is 13.3 Å². The van der Waals surface area contributed by atoms with E-state index >= 15 is 0 Å². The number of hydrogen-bond acceptors (Lipinski definition) is 3. The van der Waals surface area contributed by atoms with Crippen LogP contribution in [-0.4, -0.2) is 43.8 Å². The lowest BCUT2D eigenvalue weighted by Crippen LogP contribution is -2.45. The quantitative estimate of drug-likeness (QED) is 0.847. The average molecular weight is 331 g/mol. The molecule has 4 nitrogen and oxygen atoms in total. The lowest BCUT2D eigenvalue weighted by atomic mass is 10.1. The van der Waals surface area contributed by atoms with Gasteiger partial charge in [-0.05, 0) is 37.5 Å². The van der Waals surface area contributed by atoms with Crippen molar-refractivity contribution < 1.29 is 22.0 Å². The largest absolute Gasteiger partial charge is 0.341 e. The Labute approximate surface area is 129 Å². The summed E-state index contributed by atoms with van der Waals surface area (Å²) in [5.74, 6) is -1.67. The molecule has 0 heterocycles. The zero-order valence-corrected chi connectivity index (χ0v) is 13.4. The first-order valence-corrected chi connectivity index (χ1v) is 9.04. The van der Waals surface area contributed by atoms with E-state index in [-0.39, 0.29) is 12.0 Å². The fraction of sp³-hybridized carbons (Fsp3) is 0.533. The minimum absolute atomic E-state index is 0.0225. The molecule has 0 aliphatic heterocycles. The van der Waals surface area contributed by atoms with Crippen molar-refractivity contribution in [1.29, 1.82) is 0 Å². The van der Waals surface area contributed by atoms with Gasteiger partial charge in [0.2, 0.25) is 5.91 Å². The normalized spacial score (nSPS) is 21.8. The highest BCUT2D eigenvalue weighted by Crippen LogP contribution is 2.29. The van der Waals surface area contributed by atoms with Crippen LogP contribution in [0, 0.1) is 11.6 Å². The summed E-state index contributed by atoms with van der Waals surface area (Å²) in [7, 11) is -1.72. The molecular formula is C15H19F2NO3S. The van der Waals surface area contributed by atoms with Gasteiger partial charge in [0, 0.05) is 24.9 Å². The summed E-state index contributed by atoms with van der Waals surface area (Å²) in [6.07, 6.45) is 2.74. The van der Waals surface area contributed by atoms with Crippen LogP contribution < -0.4 is 0 Å². The molecule has 1 aliphatic carbocycles. The molecule has 1 aromatic rings. The number of carbonyl (C=O) groups excluding carboxylic acids is 1. The number of carbonyl (C=O) groups is 1. The molecular weight excluding hydrogens is 312 g/mol. The second kappa shape index (κ2) is 6.32. The van der Waals surface area contributed by atoms with Crippen molar-refractivity contribution in [3.63, 3.8) is 0 Å². The SMILES string of the molecule is CN(C(=O)Cc1cc(F)ccc1F)C1CCCC1S(C)(=O)=O. The number of nitrogens with zero attached hydrogens (tertiary/aromatic N) is 1. The Morgan fingerprint density at radius 2 is 2.00 bits per heavy atom. The van der Waals surface area contributed by atoms with E-state index in [0.717, 1.165) is 24.6 Å². The van der Waals surface area contributed by atoms with Crippen molar-refractivity contribution in [3.8, 4) is 0 Å². The molecule has 2 rings (SSSR count). The van der Waals surface area contributed by atoms with Crippen molar-refractivity contribution in [1.82, 2.24) is 4.90 Å². The maximum atomic E-state index is 13.6. The van der Waals surface area contributed by atoms with E-state index in [1.165, 1.54) is 18.2 Å².